The standard InChI is InChI=1S/C19H35NO2/c1-13(2)9-17(10-14(3)4)19(12-20,11-15(5)6)18(21)22-16(7)8/h13-17H,9-11H2,1-8H3. The molecule has 0 aliphatic carbocycles. The molecule has 128 valence electrons. The smallest absolute Gasteiger partial charge is 0.327 e. The Hall–Kier alpha value is -1.04. The van der Waals surface area contributed by atoms with Crippen molar-refractivity contribution in [2.24, 2.45) is 29.1 Å². The van der Waals surface area contributed by atoms with Gasteiger partial charge < -0.3 is 4.74 Å². The fourth-order valence-corrected chi connectivity index (χ4v) is 3.20. The molecule has 0 fully saturated rings. The lowest BCUT2D eigenvalue weighted by molar-refractivity contribution is -0.161. The Morgan fingerprint density at radius 2 is 1.41 bits per heavy atom. The number of carbonyl (C=O) groups excluding carboxylic acids is 1. The van der Waals surface area contributed by atoms with Crippen molar-refractivity contribution in [2.45, 2.75) is 80.8 Å². The SMILES string of the molecule is CC(C)CC(CC(C)C)C(C#N)(CC(C)C)C(=O)OC(C)C. The number of hydrogen-bond acceptors (Lipinski definition) is 3. The van der Waals surface area contributed by atoms with E-state index in [4.69, 9.17) is 4.74 Å². The monoisotopic (exact) mass is 309 g/mol. The van der Waals surface area contributed by atoms with Crippen molar-refractivity contribution in [1.82, 2.24) is 0 Å². The Bertz CT molecular complexity index is 369. The van der Waals surface area contributed by atoms with E-state index >= 15 is 0 Å². The van der Waals surface area contributed by atoms with Gasteiger partial charge in [-0.2, -0.15) is 5.26 Å². The van der Waals surface area contributed by atoms with Gasteiger partial charge >= 0.3 is 5.97 Å². The van der Waals surface area contributed by atoms with Gasteiger partial charge in [-0.05, 0) is 56.8 Å². The van der Waals surface area contributed by atoms with Crippen molar-refractivity contribution < 1.29 is 9.53 Å². The number of rotatable bonds is 9. The highest BCUT2D eigenvalue weighted by atomic mass is 16.5. The largest absolute Gasteiger partial charge is 0.462 e. The van der Waals surface area contributed by atoms with Crippen molar-refractivity contribution in [1.29, 1.82) is 5.26 Å². The van der Waals surface area contributed by atoms with Crippen molar-refractivity contribution >= 4 is 5.97 Å². The summed E-state index contributed by atoms with van der Waals surface area (Å²) in [4.78, 5) is 12.8. The summed E-state index contributed by atoms with van der Waals surface area (Å²) in [6, 6.07) is 2.39. The molecule has 3 nitrogen and oxygen atoms in total. The lowest BCUT2D eigenvalue weighted by Gasteiger charge is -2.36. The van der Waals surface area contributed by atoms with Gasteiger partial charge in [0.25, 0.3) is 0 Å². The topological polar surface area (TPSA) is 50.1 Å². The Labute approximate surface area is 137 Å². The van der Waals surface area contributed by atoms with E-state index in [9.17, 15) is 10.1 Å². The lowest BCUT2D eigenvalue weighted by Crippen LogP contribution is -2.42. The summed E-state index contributed by atoms with van der Waals surface area (Å²) in [6.07, 6.45) is 2.14. The predicted molar refractivity (Wildman–Crippen MR) is 91.1 cm³/mol. The van der Waals surface area contributed by atoms with E-state index in [0.29, 0.717) is 18.3 Å². The molecule has 0 bridgehead atoms. The van der Waals surface area contributed by atoms with Crippen LogP contribution in [-0.4, -0.2) is 12.1 Å². The zero-order valence-electron chi connectivity index (χ0n) is 15.8. The summed E-state index contributed by atoms with van der Waals surface area (Å²) in [5.41, 5.74) is -1.02. The molecule has 0 saturated carbocycles. The Kier molecular flexibility index (Phi) is 8.74. The highest BCUT2D eigenvalue weighted by Crippen LogP contribution is 2.42. The number of esters is 1. The minimum Gasteiger partial charge on any atom is -0.462 e. The highest BCUT2D eigenvalue weighted by Gasteiger charge is 2.48. The van der Waals surface area contributed by atoms with Crippen LogP contribution >= 0.6 is 0 Å². The van der Waals surface area contributed by atoms with Gasteiger partial charge in [0, 0.05) is 0 Å². The highest BCUT2D eigenvalue weighted by molar-refractivity contribution is 5.80. The quantitative estimate of drug-likeness (QED) is 0.550. The van der Waals surface area contributed by atoms with Crippen molar-refractivity contribution in [3.8, 4) is 6.07 Å². The van der Waals surface area contributed by atoms with Crippen LogP contribution in [0.15, 0.2) is 0 Å². The van der Waals surface area contributed by atoms with Gasteiger partial charge in [-0.15, -0.1) is 0 Å². The van der Waals surface area contributed by atoms with Crippen LogP contribution in [-0.2, 0) is 9.53 Å². The first kappa shape index (κ1) is 21.0. The summed E-state index contributed by atoms with van der Waals surface area (Å²) in [5, 5.41) is 9.95. The van der Waals surface area contributed by atoms with Crippen LogP contribution in [0.4, 0.5) is 0 Å². The van der Waals surface area contributed by atoms with E-state index in [2.05, 4.69) is 47.6 Å². The van der Waals surface area contributed by atoms with E-state index in [0.717, 1.165) is 12.8 Å². The number of carbonyl (C=O) groups is 1. The normalized spacial score (nSPS) is 14.7. The third-order valence-corrected chi connectivity index (χ3v) is 3.85. The molecule has 0 spiro atoms. The third-order valence-electron chi connectivity index (χ3n) is 3.85. The number of nitriles is 1. The van der Waals surface area contributed by atoms with Crippen LogP contribution in [0.25, 0.3) is 0 Å². The first-order chi connectivity index (χ1) is 10.0. The molecular weight excluding hydrogens is 274 g/mol. The molecule has 0 N–H and O–H groups in total. The second kappa shape index (κ2) is 9.18. The van der Waals surface area contributed by atoms with Crippen LogP contribution in [0.1, 0.15) is 74.7 Å². The Morgan fingerprint density at radius 3 is 1.68 bits per heavy atom. The molecule has 0 aromatic rings. The number of hydrogen-bond donors (Lipinski definition) is 0. The molecule has 0 saturated heterocycles. The van der Waals surface area contributed by atoms with Gasteiger partial charge in [-0.3, -0.25) is 4.79 Å². The molecule has 3 heteroatoms. The minimum atomic E-state index is -1.02. The summed E-state index contributed by atoms with van der Waals surface area (Å²) >= 11 is 0. The van der Waals surface area contributed by atoms with Gasteiger partial charge in [0.2, 0.25) is 0 Å². The Morgan fingerprint density at radius 1 is 0.955 bits per heavy atom. The fourth-order valence-electron chi connectivity index (χ4n) is 3.20. The molecular formula is C19H35NO2. The number of ether oxygens (including phenoxy) is 1. The van der Waals surface area contributed by atoms with Crippen molar-refractivity contribution in [2.75, 3.05) is 0 Å². The van der Waals surface area contributed by atoms with Crippen molar-refractivity contribution in [3.05, 3.63) is 0 Å². The average molecular weight is 309 g/mol. The van der Waals surface area contributed by atoms with Gasteiger partial charge in [0.1, 0.15) is 0 Å². The zero-order valence-corrected chi connectivity index (χ0v) is 15.8. The molecule has 1 atom stereocenters. The number of nitrogens with zero attached hydrogens (tertiary/aromatic N) is 1. The van der Waals surface area contributed by atoms with E-state index < -0.39 is 5.41 Å². The van der Waals surface area contributed by atoms with Crippen molar-refractivity contribution in [3.63, 3.8) is 0 Å². The van der Waals surface area contributed by atoms with Crippen LogP contribution in [0.5, 0.6) is 0 Å². The average Bonchev–Trinajstić information content (AvgIpc) is 2.32. The maximum Gasteiger partial charge on any atom is 0.327 e. The summed E-state index contributed by atoms with van der Waals surface area (Å²) in [5.74, 6) is 0.906. The molecule has 0 rings (SSSR count). The molecule has 0 aromatic heterocycles. The summed E-state index contributed by atoms with van der Waals surface area (Å²) < 4.78 is 5.49. The molecule has 22 heavy (non-hydrogen) atoms. The Balaban J connectivity index is 5.73. The van der Waals surface area contributed by atoms with E-state index in [-0.39, 0.29) is 23.9 Å². The summed E-state index contributed by atoms with van der Waals surface area (Å²) in [6.45, 7) is 16.4. The molecule has 0 aromatic carbocycles. The first-order valence-corrected chi connectivity index (χ1v) is 8.67. The van der Waals surface area contributed by atoms with E-state index in [1.54, 1.807) is 0 Å². The van der Waals surface area contributed by atoms with Crippen LogP contribution in [0.2, 0.25) is 0 Å². The molecule has 0 radical (unpaired) electrons. The van der Waals surface area contributed by atoms with Crippen LogP contribution in [0, 0.1) is 40.4 Å². The third kappa shape index (κ3) is 6.38. The fraction of sp³-hybridized carbons (Fsp3) is 0.895. The maximum atomic E-state index is 12.8. The second-order valence-electron chi connectivity index (χ2n) is 8.09. The van der Waals surface area contributed by atoms with Crippen LogP contribution in [0.3, 0.4) is 0 Å². The first-order valence-electron chi connectivity index (χ1n) is 8.67. The van der Waals surface area contributed by atoms with Gasteiger partial charge in [0.05, 0.1) is 12.2 Å². The molecule has 0 aliphatic heterocycles. The summed E-state index contributed by atoms with van der Waals surface area (Å²) in [7, 11) is 0. The van der Waals surface area contributed by atoms with Gasteiger partial charge in [0.15, 0.2) is 5.41 Å². The minimum absolute atomic E-state index is 0.0474. The maximum absolute atomic E-state index is 12.8. The molecule has 0 amide bonds. The van der Waals surface area contributed by atoms with Gasteiger partial charge in [-0.25, -0.2) is 0 Å². The second-order valence-corrected chi connectivity index (χ2v) is 8.09. The predicted octanol–water partition coefficient (Wildman–Crippen LogP) is 5.20. The molecule has 0 aliphatic rings. The zero-order chi connectivity index (χ0) is 17.5. The van der Waals surface area contributed by atoms with E-state index in [1.165, 1.54) is 0 Å². The molecule has 0 heterocycles. The van der Waals surface area contributed by atoms with E-state index in [1.807, 2.05) is 13.8 Å². The van der Waals surface area contributed by atoms with Gasteiger partial charge in [-0.1, -0.05) is 41.5 Å². The van der Waals surface area contributed by atoms with Crippen LogP contribution < -0.4 is 0 Å². The lowest BCUT2D eigenvalue weighted by atomic mass is 9.66. The molecule has 1 unspecified atom stereocenters.